The van der Waals surface area contributed by atoms with Gasteiger partial charge in [-0.25, -0.2) is 0 Å². The highest BCUT2D eigenvalue weighted by Crippen LogP contribution is 2.30. The van der Waals surface area contributed by atoms with E-state index in [2.05, 4.69) is 10.3 Å². The summed E-state index contributed by atoms with van der Waals surface area (Å²) in [6.45, 7) is 2.61. The van der Waals surface area contributed by atoms with Gasteiger partial charge in [0, 0.05) is 7.05 Å². The lowest BCUT2D eigenvalue weighted by Gasteiger charge is -2.08. The highest BCUT2D eigenvalue weighted by atomic mass is 35.5. The molecule has 78 valence electrons. The molecule has 0 aliphatic heterocycles. The quantitative estimate of drug-likeness (QED) is 0.869. The average Bonchev–Trinajstić information content (AvgIpc) is 2.17. The van der Waals surface area contributed by atoms with Gasteiger partial charge < -0.3 is 10.1 Å². The first-order valence-electron chi connectivity index (χ1n) is 4.35. The van der Waals surface area contributed by atoms with Gasteiger partial charge in [-0.1, -0.05) is 30.1 Å². The molecular weight excluding hydrogens is 223 g/mol. The van der Waals surface area contributed by atoms with Crippen LogP contribution in [0.1, 0.15) is 13.3 Å². The second-order valence-corrected chi connectivity index (χ2v) is 3.52. The van der Waals surface area contributed by atoms with Crippen molar-refractivity contribution >= 4 is 29.0 Å². The molecule has 14 heavy (non-hydrogen) atoms. The first-order valence-corrected chi connectivity index (χ1v) is 5.11. The smallest absolute Gasteiger partial charge is 0.234 e. The summed E-state index contributed by atoms with van der Waals surface area (Å²) in [5, 5.41) is 3.78. The maximum atomic E-state index is 5.89. The Morgan fingerprint density at radius 3 is 2.71 bits per heavy atom. The van der Waals surface area contributed by atoms with E-state index in [1.54, 1.807) is 13.1 Å². The summed E-state index contributed by atoms with van der Waals surface area (Å²) >= 11 is 11.8. The monoisotopic (exact) mass is 234 g/mol. The van der Waals surface area contributed by atoms with Crippen LogP contribution in [0.15, 0.2) is 6.07 Å². The van der Waals surface area contributed by atoms with Crippen LogP contribution < -0.4 is 10.1 Å². The molecule has 5 heteroatoms. The minimum Gasteiger partial charge on any atom is -0.477 e. The molecule has 0 aliphatic carbocycles. The molecule has 0 saturated carbocycles. The van der Waals surface area contributed by atoms with Crippen molar-refractivity contribution in [2.45, 2.75) is 13.3 Å². The van der Waals surface area contributed by atoms with Crippen molar-refractivity contribution in [2.24, 2.45) is 0 Å². The van der Waals surface area contributed by atoms with Gasteiger partial charge >= 0.3 is 0 Å². The fraction of sp³-hybridized carbons (Fsp3) is 0.444. The molecule has 0 aromatic carbocycles. The molecule has 0 radical (unpaired) electrons. The number of aromatic nitrogens is 1. The van der Waals surface area contributed by atoms with Crippen LogP contribution in [0.4, 0.5) is 5.82 Å². The largest absolute Gasteiger partial charge is 0.477 e. The summed E-state index contributed by atoms with van der Waals surface area (Å²) in [5.41, 5.74) is 0. The second kappa shape index (κ2) is 5.27. The molecule has 0 bridgehead atoms. The minimum atomic E-state index is 0.419. The third-order valence-electron chi connectivity index (χ3n) is 1.58. The molecule has 0 atom stereocenters. The molecule has 0 unspecified atom stereocenters. The molecular formula is C9H12Cl2N2O. The Morgan fingerprint density at radius 1 is 1.43 bits per heavy atom. The molecule has 1 aromatic heterocycles. The zero-order valence-electron chi connectivity index (χ0n) is 8.10. The molecule has 0 fully saturated rings. The zero-order chi connectivity index (χ0) is 10.6. The maximum Gasteiger partial charge on any atom is 0.234 e. The van der Waals surface area contributed by atoms with Crippen molar-refractivity contribution in [3.63, 3.8) is 0 Å². The molecule has 1 heterocycles. The fourth-order valence-electron chi connectivity index (χ4n) is 0.925. The fourth-order valence-corrected chi connectivity index (χ4v) is 1.43. The number of rotatable bonds is 4. The maximum absolute atomic E-state index is 5.89. The lowest BCUT2D eigenvalue weighted by molar-refractivity contribution is 0.306. The van der Waals surface area contributed by atoms with E-state index < -0.39 is 0 Å². The summed E-state index contributed by atoms with van der Waals surface area (Å²) in [4.78, 5) is 4.13. The Bertz CT molecular complexity index is 318. The van der Waals surface area contributed by atoms with Gasteiger partial charge in [0.25, 0.3) is 0 Å². The molecule has 0 amide bonds. The lowest BCUT2D eigenvalue weighted by Crippen LogP contribution is -2.01. The van der Waals surface area contributed by atoms with Crippen LogP contribution in [0, 0.1) is 0 Å². The van der Waals surface area contributed by atoms with Crippen molar-refractivity contribution in [1.82, 2.24) is 4.98 Å². The Labute approximate surface area is 93.4 Å². The van der Waals surface area contributed by atoms with Crippen LogP contribution in [0.2, 0.25) is 10.0 Å². The Kier molecular flexibility index (Phi) is 4.29. The number of ether oxygens (including phenoxy) is 1. The van der Waals surface area contributed by atoms with Gasteiger partial charge in [0.1, 0.15) is 10.8 Å². The Balaban J connectivity index is 2.92. The molecule has 1 N–H and O–H groups in total. The van der Waals surface area contributed by atoms with Crippen LogP contribution in [0.3, 0.4) is 0 Å². The SMILES string of the molecule is CCCOc1nc(NC)c(Cl)cc1Cl. The van der Waals surface area contributed by atoms with Crippen molar-refractivity contribution in [2.75, 3.05) is 19.0 Å². The van der Waals surface area contributed by atoms with E-state index in [1.807, 2.05) is 6.92 Å². The minimum absolute atomic E-state index is 0.419. The van der Waals surface area contributed by atoms with Gasteiger partial charge in [0.15, 0.2) is 0 Å². The van der Waals surface area contributed by atoms with Crippen LogP contribution in [0.25, 0.3) is 0 Å². The summed E-state index contributed by atoms with van der Waals surface area (Å²) in [6.07, 6.45) is 0.912. The van der Waals surface area contributed by atoms with Crippen LogP contribution >= 0.6 is 23.2 Å². The highest BCUT2D eigenvalue weighted by molar-refractivity contribution is 6.36. The number of nitrogens with zero attached hydrogens (tertiary/aromatic N) is 1. The predicted octanol–water partition coefficient (Wildman–Crippen LogP) is 3.22. The topological polar surface area (TPSA) is 34.1 Å². The summed E-state index contributed by atoms with van der Waals surface area (Å²) in [6, 6.07) is 1.62. The van der Waals surface area contributed by atoms with Gasteiger partial charge in [0.05, 0.1) is 11.6 Å². The van der Waals surface area contributed by atoms with Gasteiger partial charge in [-0.2, -0.15) is 4.98 Å². The Morgan fingerprint density at radius 2 is 2.14 bits per heavy atom. The second-order valence-electron chi connectivity index (χ2n) is 2.70. The molecule has 3 nitrogen and oxygen atoms in total. The van der Waals surface area contributed by atoms with Crippen molar-refractivity contribution in [1.29, 1.82) is 0 Å². The number of hydrogen-bond acceptors (Lipinski definition) is 3. The van der Waals surface area contributed by atoms with Gasteiger partial charge in [-0.15, -0.1) is 0 Å². The molecule has 0 saturated heterocycles. The van der Waals surface area contributed by atoms with Gasteiger partial charge in [-0.3, -0.25) is 0 Å². The summed E-state index contributed by atoms with van der Waals surface area (Å²) in [5.74, 6) is 0.990. The number of anilines is 1. The van der Waals surface area contributed by atoms with Gasteiger partial charge in [0.2, 0.25) is 5.88 Å². The first kappa shape index (κ1) is 11.4. The number of pyridine rings is 1. The molecule has 0 aliphatic rings. The lowest BCUT2D eigenvalue weighted by atomic mass is 10.4. The van der Waals surface area contributed by atoms with Crippen LogP contribution in [0.5, 0.6) is 5.88 Å². The first-order chi connectivity index (χ1) is 6.69. The van der Waals surface area contributed by atoms with E-state index in [-0.39, 0.29) is 0 Å². The van der Waals surface area contributed by atoms with Crippen LogP contribution in [-0.2, 0) is 0 Å². The van der Waals surface area contributed by atoms with E-state index >= 15 is 0 Å². The zero-order valence-corrected chi connectivity index (χ0v) is 9.61. The summed E-state index contributed by atoms with van der Waals surface area (Å²) in [7, 11) is 1.74. The highest BCUT2D eigenvalue weighted by Gasteiger charge is 2.08. The van der Waals surface area contributed by atoms with E-state index in [4.69, 9.17) is 27.9 Å². The number of hydrogen-bond donors (Lipinski definition) is 1. The van der Waals surface area contributed by atoms with Crippen LogP contribution in [-0.4, -0.2) is 18.6 Å². The number of nitrogens with one attached hydrogen (secondary N) is 1. The summed E-state index contributed by atoms with van der Waals surface area (Å²) < 4.78 is 5.34. The Hall–Kier alpha value is -0.670. The van der Waals surface area contributed by atoms with Crippen molar-refractivity contribution < 1.29 is 4.74 Å². The van der Waals surface area contributed by atoms with E-state index in [9.17, 15) is 0 Å². The normalized spacial score (nSPS) is 10.0. The predicted molar refractivity (Wildman–Crippen MR) is 59.6 cm³/mol. The van der Waals surface area contributed by atoms with Gasteiger partial charge in [-0.05, 0) is 12.5 Å². The third-order valence-corrected chi connectivity index (χ3v) is 2.14. The van der Waals surface area contributed by atoms with E-state index in [0.29, 0.717) is 28.3 Å². The van der Waals surface area contributed by atoms with Crippen molar-refractivity contribution in [3.05, 3.63) is 16.1 Å². The van der Waals surface area contributed by atoms with E-state index in [0.717, 1.165) is 6.42 Å². The average molecular weight is 235 g/mol. The van der Waals surface area contributed by atoms with E-state index in [1.165, 1.54) is 0 Å². The molecule has 0 spiro atoms. The number of halogens is 2. The third kappa shape index (κ3) is 2.66. The standard InChI is InChI=1S/C9H12Cl2N2O/c1-3-4-14-9-7(11)5-6(10)8(12-2)13-9/h5H,3-4H2,1-2H3,(H,12,13). The molecule has 1 rings (SSSR count). The molecule has 1 aromatic rings. The van der Waals surface area contributed by atoms with Crippen molar-refractivity contribution in [3.8, 4) is 5.88 Å².